The Morgan fingerprint density at radius 1 is 1.00 bits per heavy atom. The van der Waals surface area contributed by atoms with E-state index in [0.717, 1.165) is 6.07 Å². The highest BCUT2D eigenvalue weighted by Crippen LogP contribution is 2.20. The van der Waals surface area contributed by atoms with Crippen molar-refractivity contribution in [3.05, 3.63) is 69.4 Å². The number of carboxylic acids is 1. The highest BCUT2D eigenvalue weighted by Gasteiger charge is 2.20. The van der Waals surface area contributed by atoms with Crippen molar-refractivity contribution in [2.45, 2.75) is 0 Å². The second kappa shape index (κ2) is 5.32. The average molecular weight is 323 g/mol. The molecule has 3 nitrogen and oxygen atoms in total. The van der Waals surface area contributed by atoms with Crippen molar-refractivity contribution in [1.29, 1.82) is 0 Å². The minimum atomic E-state index is -1.22. The van der Waals surface area contributed by atoms with E-state index in [1.165, 1.54) is 36.4 Å². The predicted molar refractivity (Wildman–Crippen MR) is 70.9 cm³/mol. The van der Waals surface area contributed by atoms with Gasteiger partial charge in [0.2, 0.25) is 0 Å². The van der Waals surface area contributed by atoms with Gasteiger partial charge in [0.15, 0.2) is 5.78 Å². The van der Waals surface area contributed by atoms with E-state index in [1.54, 1.807) is 0 Å². The molecule has 2 rings (SSSR count). The van der Waals surface area contributed by atoms with E-state index in [4.69, 9.17) is 5.11 Å². The number of hydrogen-bond acceptors (Lipinski definition) is 2. The fourth-order valence-corrected chi connectivity index (χ4v) is 2.05. The lowest BCUT2D eigenvalue weighted by Gasteiger charge is -2.06. The Labute approximate surface area is 116 Å². The average Bonchev–Trinajstić information content (AvgIpc) is 2.40. The van der Waals surface area contributed by atoms with Crippen molar-refractivity contribution < 1.29 is 19.1 Å². The number of carbonyl (C=O) groups is 2. The molecule has 0 unspecified atom stereocenters. The van der Waals surface area contributed by atoms with Gasteiger partial charge in [-0.05, 0) is 24.3 Å². The molecule has 0 heterocycles. The van der Waals surface area contributed by atoms with Crippen LogP contribution in [0.2, 0.25) is 0 Å². The Hall–Kier alpha value is -2.01. The van der Waals surface area contributed by atoms with Crippen molar-refractivity contribution in [2.75, 3.05) is 0 Å². The summed E-state index contributed by atoms with van der Waals surface area (Å²) in [6, 6.07) is 9.68. The summed E-state index contributed by atoms with van der Waals surface area (Å²) in [5, 5.41) is 9.03. The smallest absolute Gasteiger partial charge is 0.336 e. The summed E-state index contributed by atoms with van der Waals surface area (Å²) in [5.41, 5.74) is -0.345. The zero-order valence-electron chi connectivity index (χ0n) is 9.56. The first-order valence-corrected chi connectivity index (χ1v) is 6.12. The van der Waals surface area contributed by atoms with Gasteiger partial charge in [0.25, 0.3) is 0 Å². The standard InChI is InChI=1S/C14H8BrFO3/c15-8-5-6-12(16)11(7-8)13(17)9-3-1-2-4-10(9)14(18)19/h1-7H,(H,18,19). The zero-order chi connectivity index (χ0) is 14.0. The molecule has 5 heteroatoms. The SMILES string of the molecule is O=C(O)c1ccccc1C(=O)c1cc(Br)ccc1F. The molecule has 96 valence electrons. The van der Waals surface area contributed by atoms with Crippen LogP contribution < -0.4 is 0 Å². The largest absolute Gasteiger partial charge is 0.478 e. The lowest BCUT2D eigenvalue weighted by molar-refractivity contribution is 0.0692. The third-order valence-corrected chi connectivity index (χ3v) is 3.07. The maximum Gasteiger partial charge on any atom is 0.336 e. The van der Waals surface area contributed by atoms with E-state index < -0.39 is 17.6 Å². The molecular formula is C14H8BrFO3. The quantitative estimate of drug-likeness (QED) is 0.880. The zero-order valence-corrected chi connectivity index (χ0v) is 11.1. The molecule has 2 aromatic rings. The van der Waals surface area contributed by atoms with Gasteiger partial charge in [-0.25, -0.2) is 9.18 Å². The second-order valence-electron chi connectivity index (χ2n) is 3.80. The monoisotopic (exact) mass is 322 g/mol. The topological polar surface area (TPSA) is 54.4 Å². The number of carbonyl (C=O) groups excluding carboxylic acids is 1. The lowest BCUT2D eigenvalue weighted by atomic mass is 9.98. The van der Waals surface area contributed by atoms with Crippen LogP contribution in [0.5, 0.6) is 0 Å². The molecule has 0 radical (unpaired) electrons. The molecular weight excluding hydrogens is 315 g/mol. The number of halogens is 2. The Balaban J connectivity index is 2.56. The molecule has 0 fully saturated rings. The molecule has 0 aliphatic rings. The second-order valence-corrected chi connectivity index (χ2v) is 4.72. The third-order valence-electron chi connectivity index (χ3n) is 2.58. The first-order valence-electron chi connectivity index (χ1n) is 5.33. The molecule has 0 aliphatic carbocycles. The van der Waals surface area contributed by atoms with Gasteiger partial charge in [-0.3, -0.25) is 4.79 Å². The predicted octanol–water partition coefficient (Wildman–Crippen LogP) is 3.52. The molecule has 0 aromatic heterocycles. The Bertz CT molecular complexity index is 667. The summed E-state index contributed by atoms with van der Waals surface area (Å²) in [5.74, 6) is -2.57. The molecule has 1 N–H and O–H groups in total. The van der Waals surface area contributed by atoms with E-state index in [0.29, 0.717) is 4.47 Å². The van der Waals surface area contributed by atoms with Gasteiger partial charge in [0, 0.05) is 10.0 Å². The summed E-state index contributed by atoms with van der Waals surface area (Å²) in [4.78, 5) is 23.3. The normalized spacial score (nSPS) is 10.2. The van der Waals surface area contributed by atoms with E-state index in [1.807, 2.05) is 0 Å². The van der Waals surface area contributed by atoms with Crippen LogP contribution in [0.3, 0.4) is 0 Å². The highest BCUT2D eigenvalue weighted by atomic mass is 79.9. The molecule has 0 aliphatic heterocycles. The molecule has 0 saturated carbocycles. The van der Waals surface area contributed by atoms with E-state index >= 15 is 0 Å². The van der Waals surface area contributed by atoms with Gasteiger partial charge in [0.05, 0.1) is 11.1 Å². The molecule has 0 amide bonds. The van der Waals surface area contributed by atoms with Crippen LogP contribution in [0, 0.1) is 5.82 Å². The molecule has 0 saturated heterocycles. The third kappa shape index (κ3) is 2.71. The minimum absolute atomic E-state index is 0.0352. The van der Waals surface area contributed by atoms with Gasteiger partial charge in [-0.2, -0.15) is 0 Å². The summed E-state index contributed by atoms with van der Waals surface area (Å²) in [6.45, 7) is 0. The first-order chi connectivity index (χ1) is 9.00. The minimum Gasteiger partial charge on any atom is -0.478 e. The van der Waals surface area contributed by atoms with Crippen LogP contribution in [0.4, 0.5) is 4.39 Å². The van der Waals surface area contributed by atoms with Crippen molar-refractivity contribution in [3.8, 4) is 0 Å². The summed E-state index contributed by atoms with van der Waals surface area (Å²) >= 11 is 3.15. The number of ketones is 1. The lowest BCUT2D eigenvalue weighted by Crippen LogP contribution is -2.11. The molecule has 0 bridgehead atoms. The van der Waals surface area contributed by atoms with Crippen molar-refractivity contribution in [2.24, 2.45) is 0 Å². The summed E-state index contributed by atoms with van der Waals surface area (Å²) in [7, 11) is 0. The van der Waals surface area contributed by atoms with Gasteiger partial charge >= 0.3 is 5.97 Å². The fourth-order valence-electron chi connectivity index (χ4n) is 1.68. The van der Waals surface area contributed by atoms with E-state index in [2.05, 4.69) is 15.9 Å². The van der Waals surface area contributed by atoms with E-state index in [9.17, 15) is 14.0 Å². The van der Waals surface area contributed by atoms with Crippen LogP contribution in [0.25, 0.3) is 0 Å². The Morgan fingerprint density at radius 2 is 1.63 bits per heavy atom. The van der Waals surface area contributed by atoms with E-state index in [-0.39, 0.29) is 16.7 Å². The van der Waals surface area contributed by atoms with Crippen LogP contribution in [0.1, 0.15) is 26.3 Å². The van der Waals surface area contributed by atoms with Crippen LogP contribution >= 0.6 is 15.9 Å². The molecule has 0 atom stereocenters. The number of carboxylic acid groups (broad SMARTS) is 1. The Kier molecular flexibility index (Phi) is 3.76. The first kappa shape index (κ1) is 13.4. The number of benzene rings is 2. The molecule has 0 spiro atoms. The highest BCUT2D eigenvalue weighted by molar-refractivity contribution is 9.10. The summed E-state index contributed by atoms with van der Waals surface area (Å²) in [6.07, 6.45) is 0. The van der Waals surface area contributed by atoms with Crippen molar-refractivity contribution in [3.63, 3.8) is 0 Å². The number of rotatable bonds is 3. The number of aromatic carboxylic acids is 1. The Morgan fingerprint density at radius 3 is 2.26 bits per heavy atom. The van der Waals surface area contributed by atoms with Crippen LogP contribution in [0.15, 0.2) is 46.9 Å². The van der Waals surface area contributed by atoms with Gasteiger partial charge in [-0.15, -0.1) is 0 Å². The summed E-state index contributed by atoms with van der Waals surface area (Å²) < 4.78 is 14.2. The van der Waals surface area contributed by atoms with Gasteiger partial charge in [-0.1, -0.05) is 34.1 Å². The van der Waals surface area contributed by atoms with Gasteiger partial charge < -0.3 is 5.11 Å². The number of hydrogen-bond donors (Lipinski definition) is 1. The van der Waals surface area contributed by atoms with Crippen LogP contribution in [-0.4, -0.2) is 16.9 Å². The van der Waals surface area contributed by atoms with Crippen LogP contribution in [-0.2, 0) is 0 Å². The maximum absolute atomic E-state index is 13.6. The molecule has 2 aromatic carbocycles. The van der Waals surface area contributed by atoms with Gasteiger partial charge in [0.1, 0.15) is 5.82 Å². The molecule has 19 heavy (non-hydrogen) atoms. The van der Waals surface area contributed by atoms with Crippen molar-refractivity contribution in [1.82, 2.24) is 0 Å². The fraction of sp³-hybridized carbons (Fsp3) is 0. The van der Waals surface area contributed by atoms with Crippen molar-refractivity contribution >= 4 is 27.7 Å². The maximum atomic E-state index is 13.6.